The van der Waals surface area contributed by atoms with Crippen LogP contribution in [0.1, 0.15) is 26.7 Å². The molecule has 102 valence electrons. The van der Waals surface area contributed by atoms with Crippen LogP contribution in [-0.4, -0.2) is 63.1 Å². The van der Waals surface area contributed by atoms with Crippen LogP contribution in [0.5, 0.6) is 0 Å². The molecule has 0 bridgehead atoms. The van der Waals surface area contributed by atoms with Gasteiger partial charge in [-0.05, 0) is 19.8 Å². The van der Waals surface area contributed by atoms with Gasteiger partial charge in [-0.2, -0.15) is 11.8 Å². The largest absolute Gasteiger partial charge is 0.480 e. The van der Waals surface area contributed by atoms with Crippen LogP contribution in [0.4, 0.5) is 4.79 Å². The third-order valence-electron chi connectivity index (χ3n) is 3.91. The first-order valence-electron chi connectivity index (χ1n) is 6.44. The van der Waals surface area contributed by atoms with E-state index < -0.39 is 12.0 Å². The van der Waals surface area contributed by atoms with E-state index in [2.05, 4.69) is 6.92 Å². The molecule has 2 fully saturated rings. The van der Waals surface area contributed by atoms with E-state index in [1.165, 1.54) is 4.90 Å². The zero-order valence-corrected chi connectivity index (χ0v) is 11.7. The van der Waals surface area contributed by atoms with Gasteiger partial charge >= 0.3 is 12.0 Å². The number of urea groups is 1. The summed E-state index contributed by atoms with van der Waals surface area (Å²) in [5.74, 6) is 0.0518. The summed E-state index contributed by atoms with van der Waals surface area (Å²) in [4.78, 5) is 26.9. The highest BCUT2D eigenvalue weighted by atomic mass is 32.2. The summed E-state index contributed by atoms with van der Waals surface area (Å²) >= 11 is 1.87. The monoisotopic (exact) mass is 272 g/mol. The number of likely N-dealkylation sites (tertiary alicyclic amines) is 1. The Labute approximate surface area is 112 Å². The molecule has 0 aromatic rings. The molecule has 6 heteroatoms. The summed E-state index contributed by atoms with van der Waals surface area (Å²) in [6.07, 6.45) is 1.36. The third-order valence-corrected chi connectivity index (χ3v) is 5.25. The maximum Gasteiger partial charge on any atom is 0.326 e. The number of aliphatic carboxylic acids is 1. The molecule has 2 aliphatic rings. The highest BCUT2D eigenvalue weighted by Gasteiger charge is 2.39. The van der Waals surface area contributed by atoms with E-state index in [1.807, 2.05) is 23.6 Å². The molecule has 1 N–H and O–H groups in total. The van der Waals surface area contributed by atoms with Crippen LogP contribution in [0.25, 0.3) is 0 Å². The second-order valence-corrected chi connectivity index (χ2v) is 6.47. The van der Waals surface area contributed by atoms with Crippen LogP contribution < -0.4 is 0 Å². The number of thioether (sulfide) groups is 1. The molecule has 2 rings (SSSR count). The van der Waals surface area contributed by atoms with Gasteiger partial charge in [0, 0.05) is 30.1 Å². The number of carboxylic acid groups (broad SMARTS) is 1. The second-order valence-electron chi connectivity index (χ2n) is 4.98. The van der Waals surface area contributed by atoms with E-state index in [9.17, 15) is 9.59 Å². The van der Waals surface area contributed by atoms with Crippen molar-refractivity contribution in [2.45, 2.75) is 44.0 Å². The molecule has 0 aromatic carbocycles. The molecule has 3 atom stereocenters. The number of carbonyl (C=O) groups excluding carboxylic acids is 1. The fourth-order valence-electron chi connectivity index (χ4n) is 2.62. The van der Waals surface area contributed by atoms with Gasteiger partial charge in [-0.1, -0.05) is 6.92 Å². The van der Waals surface area contributed by atoms with Crippen molar-refractivity contribution in [3.05, 3.63) is 0 Å². The minimum Gasteiger partial charge on any atom is -0.480 e. The van der Waals surface area contributed by atoms with Gasteiger partial charge < -0.3 is 14.9 Å². The summed E-state index contributed by atoms with van der Waals surface area (Å²) in [5, 5.41) is 9.54. The lowest BCUT2D eigenvalue weighted by Crippen LogP contribution is -2.55. The van der Waals surface area contributed by atoms with E-state index in [-0.39, 0.29) is 12.1 Å². The maximum atomic E-state index is 12.5. The van der Waals surface area contributed by atoms with Gasteiger partial charge in [0.25, 0.3) is 0 Å². The third kappa shape index (κ3) is 2.43. The topological polar surface area (TPSA) is 60.9 Å². The van der Waals surface area contributed by atoms with Gasteiger partial charge in [-0.15, -0.1) is 0 Å². The van der Waals surface area contributed by atoms with Gasteiger partial charge in [0.05, 0.1) is 0 Å². The normalized spacial score (nSPS) is 32.7. The zero-order valence-electron chi connectivity index (χ0n) is 10.8. The Balaban J connectivity index is 2.08. The number of carboxylic acids is 1. The molecular weight excluding hydrogens is 252 g/mol. The summed E-state index contributed by atoms with van der Waals surface area (Å²) in [6, 6.07) is -0.555. The first-order chi connectivity index (χ1) is 8.52. The van der Waals surface area contributed by atoms with Crippen LogP contribution in [-0.2, 0) is 4.79 Å². The maximum absolute atomic E-state index is 12.5. The van der Waals surface area contributed by atoms with E-state index in [1.54, 1.807) is 0 Å². The Kier molecular flexibility index (Phi) is 4.04. The van der Waals surface area contributed by atoms with Crippen molar-refractivity contribution in [2.24, 2.45) is 0 Å². The summed E-state index contributed by atoms with van der Waals surface area (Å²) < 4.78 is 0. The van der Waals surface area contributed by atoms with Crippen LogP contribution in [0.15, 0.2) is 0 Å². The fourth-order valence-corrected chi connectivity index (χ4v) is 3.72. The lowest BCUT2D eigenvalue weighted by atomic mass is 10.2. The molecule has 2 aliphatic heterocycles. The lowest BCUT2D eigenvalue weighted by Gasteiger charge is -2.40. The molecule has 2 heterocycles. The second kappa shape index (κ2) is 5.38. The van der Waals surface area contributed by atoms with Crippen molar-refractivity contribution in [3.8, 4) is 0 Å². The van der Waals surface area contributed by atoms with E-state index >= 15 is 0 Å². The Morgan fingerprint density at radius 1 is 1.22 bits per heavy atom. The van der Waals surface area contributed by atoms with Crippen molar-refractivity contribution in [1.82, 2.24) is 9.80 Å². The zero-order chi connectivity index (χ0) is 13.3. The van der Waals surface area contributed by atoms with Crippen LogP contribution in [0.2, 0.25) is 0 Å². The van der Waals surface area contributed by atoms with Gasteiger partial charge in [0.1, 0.15) is 6.04 Å². The predicted molar refractivity (Wildman–Crippen MR) is 70.8 cm³/mol. The number of nitrogens with zero attached hydrogens (tertiary/aromatic N) is 2. The van der Waals surface area contributed by atoms with E-state index in [4.69, 9.17) is 5.11 Å². The number of rotatable bonds is 1. The Morgan fingerprint density at radius 2 is 1.94 bits per heavy atom. The summed E-state index contributed by atoms with van der Waals surface area (Å²) in [7, 11) is 0. The van der Waals surface area contributed by atoms with Crippen LogP contribution >= 0.6 is 11.8 Å². The van der Waals surface area contributed by atoms with Gasteiger partial charge in [0.2, 0.25) is 0 Å². The number of hydrogen-bond donors (Lipinski definition) is 1. The first-order valence-corrected chi connectivity index (χ1v) is 7.49. The van der Waals surface area contributed by atoms with Crippen LogP contribution in [0, 0.1) is 0 Å². The minimum absolute atomic E-state index is 0.0976. The molecular formula is C12H20N2O3S. The highest BCUT2D eigenvalue weighted by Crippen LogP contribution is 2.27. The molecule has 2 amide bonds. The molecule has 3 unspecified atom stereocenters. The summed E-state index contributed by atoms with van der Waals surface area (Å²) in [6.45, 7) is 5.45. The quantitative estimate of drug-likeness (QED) is 0.785. The predicted octanol–water partition coefficient (Wildman–Crippen LogP) is 1.48. The average molecular weight is 272 g/mol. The minimum atomic E-state index is -0.882. The Morgan fingerprint density at radius 3 is 2.61 bits per heavy atom. The molecule has 18 heavy (non-hydrogen) atoms. The van der Waals surface area contributed by atoms with Crippen molar-refractivity contribution in [3.63, 3.8) is 0 Å². The molecule has 0 saturated carbocycles. The lowest BCUT2D eigenvalue weighted by molar-refractivity contribution is -0.141. The smallest absolute Gasteiger partial charge is 0.326 e. The van der Waals surface area contributed by atoms with Crippen LogP contribution in [0.3, 0.4) is 0 Å². The summed E-state index contributed by atoms with van der Waals surface area (Å²) in [5.41, 5.74) is 0. The molecule has 0 aliphatic carbocycles. The van der Waals surface area contributed by atoms with Crippen molar-refractivity contribution < 1.29 is 14.7 Å². The van der Waals surface area contributed by atoms with Crippen molar-refractivity contribution in [1.29, 1.82) is 0 Å². The number of carbonyl (C=O) groups is 2. The van der Waals surface area contributed by atoms with Crippen molar-refractivity contribution in [2.75, 3.05) is 18.8 Å². The fraction of sp³-hybridized carbons (Fsp3) is 0.833. The Hall–Kier alpha value is -0.910. The van der Waals surface area contributed by atoms with Gasteiger partial charge in [-0.25, -0.2) is 9.59 Å². The highest BCUT2D eigenvalue weighted by molar-refractivity contribution is 8.00. The SMILES string of the molecule is CC1SCCN(C(=O)N2CCCC2C(=O)O)C1C. The molecule has 0 aromatic heterocycles. The number of hydrogen-bond acceptors (Lipinski definition) is 3. The molecule has 0 radical (unpaired) electrons. The van der Waals surface area contributed by atoms with E-state index in [0.29, 0.717) is 18.2 Å². The van der Waals surface area contributed by atoms with Gasteiger partial charge in [0.15, 0.2) is 0 Å². The van der Waals surface area contributed by atoms with Gasteiger partial charge in [-0.3, -0.25) is 0 Å². The number of amides is 2. The standard InChI is InChI=1S/C12H20N2O3S/c1-8-9(2)18-7-6-13(8)12(17)14-5-3-4-10(14)11(15)16/h8-10H,3-7H2,1-2H3,(H,15,16). The Bertz CT molecular complexity index is 350. The molecule has 5 nitrogen and oxygen atoms in total. The molecule has 2 saturated heterocycles. The van der Waals surface area contributed by atoms with Crippen molar-refractivity contribution >= 4 is 23.8 Å². The first kappa shape index (κ1) is 13.5. The molecule has 0 spiro atoms. The average Bonchev–Trinajstić information content (AvgIpc) is 2.81. The van der Waals surface area contributed by atoms with E-state index in [0.717, 1.165) is 18.7 Å².